The largest absolute Gasteiger partial charge is 0.352 e. The summed E-state index contributed by atoms with van der Waals surface area (Å²) < 4.78 is 51.6. The molecule has 2 aromatic rings. The highest BCUT2D eigenvalue weighted by atomic mass is 32.2. The van der Waals surface area contributed by atoms with Gasteiger partial charge in [-0.05, 0) is 35.7 Å². The van der Waals surface area contributed by atoms with E-state index in [-0.39, 0.29) is 50.0 Å². The first-order valence-corrected chi connectivity index (χ1v) is 10.3. The SMILES string of the molecule is CS(=O)(=O)N(CCC(=O)NCc1ccc(F)cc1)CCc1ccccc1F. The van der Waals surface area contributed by atoms with E-state index < -0.39 is 10.0 Å². The fraction of sp³-hybridized carbons (Fsp3) is 0.316. The van der Waals surface area contributed by atoms with Gasteiger partial charge in [0.2, 0.25) is 15.9 Å². The van der Waals surface area contributed by atoms with Gasteiger partial charge in [-0.15, -0.1) is 0 Å². The molecule has 0 bridgehead atoms. The van der Waals surface area contributed by atoms with Crippen LogP contribution in [0.15, 0.2) is 48.5 Å². The minimum atomic E-state index is -3.53. The molecule has 0 radical (unpaired) electrons. The van der Waals surface area contributed by atoms with Crippen LogP contribution in [0, 0.1) is 11.6 Å². The summed E-state index contributed by atoms with van der Waals surface area (Å²) in [4.78, 5) is 12.0. The number of sulfonamides is 1. The summed E-state index contributed by atoms with van der Waals surface area (Å²) in [6, 6.07) is 11.9. The zero-order valence-corrected chi connectivity index (χ0v) is 15.8. The lowest BCUT2D eigenvalue weighted by molar-refractivity contribution is -0.121. The molecule has 0 aliphatic carbocycles. The highest BCUT2D eigenvalue weighted by Gasteiger charge is 2.18. The van der Waals surface area contributed by atoms with Gasteiger partial charge in [0.15, 0.2) is 0 Å². The number of halogens is 2. The van der Waals surface area contributed by atoms with Crippen molar-refractivity contribution in [2.24, 2.45) is 0 Å². The number of nitrogens with zero attached hydrogens (tertiary/aromatic N) is 1. The van der Waals surface area contributed by atoms with Gasteiger partial charge in [0, 0.05) is 26.1 Å². The molecule has 1 amide bonds. The van der Waals surface area contributed by atoms with Gasteiger partial charge < -0.3 is 5.32 Å². The van der Waals surface area contributed by atoms with Crippen LogP contribution in [0.1, 0.15) is 17.5 Å². The zero-order chi connectivity index (χ0) is 19.9. The summed E-state index contributed by atoms with van der Waals surface area (Å²) in [5.74, 6) is -1.06. The van der Waals surface area contributed by atoms with Gasteiger partial charge in [-0.3, -0.25) is 4.79 Å². The van der Waals surface area contributed by atoms with Gasteiger partial charge in [-0.25, -0.2) is 21.5 Å². The summed E-state index contributed by atoms with van der Waals surface area (Å²) in [7, 11) is -3.53. The maximum Gasteiger partial charge on any atom is 0.221 e. The third-order valence-electron chi connectivity index (χ3n) is 4.05. The highest BCUT2D eigenvalue weighted by Crippen LogP contribution is 2.10. The van der Waals surface area contributed by atoms with Crippen molar-refractivity contribution in [2.75, 3.05) is 19.3 Å². The van der Waals surface area contributed by atoms with Crippen LogP contribution in [0.25, 0.3) is 0 Å². The molecule has 0 spiro atoms. The smallest absolute Gasteiger partial charge is 0.221 e. The van der Waals surface area contributed by atoms with Crippen LogP contribution < -0.4 is 5.32 Å². The van der Waals surface area contributed by atoms with Crippen LogP contribution in [0.4, 0.5) is 8.78 Å². The molecule has 0 atom stereocenters. The molecule has 5 nitrogen and oxygen atoms in total. The predicted octanol–water partition coefficient (Wildman–Crippen LogP) is 2.48. The van der Waals surface area contributed by atoms with Gasteiger partial charge in [-0.2, -0.15) is 0 Å². The molecule has 146 valence electrons. The van der Waals surface area contributed by atoms with E-state index in [9.17, 15) is 22.0 Å². The molecule has 8 heteroatoms. The lowest BCUT2D eigenvalue weighted by Crippen LogP contribution is -2.36. The Morgan fingerprint density at radius 3 is 2.33 bits per heavy atom. The summed E-state index contributed by atoms with van der Waals surface area (Å²) in [5.41, 5.74) is 1.16. The van der Waals surface area contributed by atoms with Crippen LogP contribution in [0.5, 0.6) is 0 Å². The molecular weight excluding hydrogens is 374 g/mol. The van der Waals surface area contributed by atoms with E-state index in [4.69, 9.17) is 0 Å². The zero-order valence-electron chi connectivity index (χ0n) is 15.0. The summed E-state index contributed by atoms with van der Waals surface area (Å²) in [6.45, 7) is 0.320. The Morgan fingerprint density at radius 1 is 1.04 bits per heavy atom. The molecule has 0 aliphatic rings. The van der Waals surface area contributed by atoms with Crippen LogP contribution >= 0.6 is 0 Å². The first-order valence-electron chi connectivity index (χ1n) is 8.45. The summed E-state index contributed by atoms with van der Waals surface area (Å²) in [6.07, 6.45) is 1.26. The van der Waals surface area contributed by atoms with Crippen molar-refractivity contribution in [3.05, 3.63) is 71.3 Å². The average Bonchev–Trinajstić information content (AvgIpc) is 2.61. The maximum atomic E-state index is 13.7. The number of carbonyl (C=O) groups excluding carboxylic acids is 1. The number of carbonyl (C=O) groups is 1. The van der Waals surface area contributed by atoms with Gasteiger partial charge >= 0.3 is 0 Å². The second-order valence-corrected chi connectivity index (χ2v) is 8.14. The van der Waals surface area contributed by atoms with Gasteiger partial charge in [0.05, 0.1) is 6.26 Å². The lowest BCUT2D eigenvalue weighted by atomic mass is 10.1. The molecule has 27 heavy (non-hydrogen) atoms. The monoisotopic (exact) mass is 396 g/mol. The highest BCUT2D eigenvalue weighted by molar-refractivity contribution is 7.88. The van der Waals surface area contributed by atoms with E-state index >= 15 is 0 Å². The number of nitrogens with one attached hydrogen (secondary N) is 1. The summed E-state index contributed by atoms with van der Waals surface area (Å²) in [5, 5.41) is 2.67. The molecular formula is C19H22F2N2O3S. The second-order valence-electron chi connectivity index (χ2n) is 6.16. The van der Waals surface area contributed by atoms with Crippen molar-refractivity contribution in [3.63, 3.8) is 0 Å². The van der Waals surface area contributed by atoms with E-state index in [1.165, 1.54) is 18.2 Å². The second kappa shape index (κ2) is 9.57. The number of hydrogen-bond acceptors (Lipinski definition) is 3. The predicted molar refractivity (Wildman–Crippen MR) is 99.4 cm³/mol. The van der Waals surface area contributed by atoms with E-state index in [1.54, 1.807) is 30.3 Å². The van der Waals surface area contributed by atoms with Gasteiger partial charge in [0.25, 0.3) is 0 Å². The number of hydrogen-bond donors (Lipinski definition) is 1. The van der Waals surface area contributed by atoms with Crippen molar-refractivity contribution in [3.8, 4) is 0 Å². The molecule has 0 heterocycles. The number of amides is 1. The quantitative estimate of drug-likeness (QED) is 0.708. The molecule has 2 rings (SSSR count). The fourth-order valence-corrected chi connectivity index (χ4v) is 3.35. The minimum absolute atomic E-state index is 0.00252. The molecule has 0 fully saturated rings. The minimum Gasteiger partial charge on any atom is -0.352 e. The molecule has 2 aromatic carbocycles. The molecule has 0 saturated carbocycles. The standard InChI is InChI=1S/C19H22F2N2O3S/c1-27(25,26)23(12-10-16-4-2-3-5-18(16)21)13-11-19(24)22-14-15-6-8-17(20)9-7-15/h2-9H,10-14H2,1H3,(H,22,24). The number of benzene rings is 2. The topological polar surface area (TPSA) is 66.5 Å². The number of rotatable bonds is 9. The fourth-order valence-electron chi connectivity index (χ4n) is 2.51. The van der Waals surface area contributed by atoms with Crippen molar-refractivity contribution in [1.82, 2.24) is 9.62 Å². The van der Waals surface area contributed by atoms with Crippen LogP contribution in [0.2, 0.25) is 0 Å². The van der Waals surface area contributed by atoms with Crippen LogP contribution in [-0.2, 0) is 27.8 Å². The third-order valence-corrected chi connectivity index (χ3v) is 5.35. The molecule has 0 unspecified atom stereocenters. The Bertz CT molecular complexity index is 871. The van der Waals surface area contributed by atoms with E-state index in [1.807, 2.05) is 0 Å². The molecule has 1 N–H and O–H groups in total. The van der Waals surface area contributed by atoms with Crippen molar-refractivity contribution < 1.29 is 22.0 Å². The van der Waals surface area contributed by atoms with E-state index in [2.05, 4.69) is 5.32 Å². The van der Waals surface area contributed by atoms with Crippen molar-refractivity contribution >= 4 is 15.9 Å². The van der Waals surface area contributed by atoms with Gasteiger partial charge in [-0.1, -0.05) is 30.3 Å². The maximum absolute atomic E-state index is 13.7. The van der Waals surface area contributed by atoms with Crippen molar-refractivity contribution in [2.45, 2.75) is 19.4 Å². The Kier molecular flexibility index (Phi) is 7.44. The van der Waals surface area contributed by atoms with Crippen LogP contribution in [-0.4, -0.2) is 38.0 Å². The first kappa shape index (κ1) is 21.0. The third kappa shape index (κ3) is 7.07. The van der Waals surface area contributed by atoms with Crippen molar-refractivity contribution in [1.29, 1.82) is 0 Å². The average molecular weight is 396 g/mol. The molecule has 0 saturated heterocycles. The van der Waals surface area contributed by atoms with Crippen LogP contribution in [0.3, 0.4) is 0 Å². The Hall–Kier alpha value is -2.32. The Morgan fingerprint density at radius 2 is 1.70 bits per heavy atom. The first-order chi connectivity index (χ1) is 12.8. The Labute approximate surface area is 158 Å². The van der Waals surface area contributed by atoms with Gasteiger partial charge in [0.1, 0.15) is 11.6 Å². The van der Waals surface area contributed by atoms with E-state index in [0.29, 0.717) is 5.56 Å². The Balaban J connectivity index is 1.85. The molecule has 0 aromatic heterocycles. The lowest BCUT2D eigenvalue weighted by Gasteiger charge is -2.20. The molecule has 0 aliphatic heterocycles. The normalized spacial score (nSPS) is 11.6. The van der Waals surface area contributed by atoms with E-state index in [0.717, 1.165) is 16.1 Å². The summed E-state index contributed by atoms with van der Waals surface area (Å²) >= 11 is 0.